The molecule has 3 nitrogen and oxygen atoms in total. The lowest BCUT2D eigenvalue weighted by atomic mass is 10.1. The van der Waals surface area contributed by atoms with E-state index in [4.69, 9.17) is 21.4 Å². The Labute approximate surface area is 110 Å². The van der Waals surface area contributed by atoms with Crippen molar-refractivity contribution >= 4 is 17.6 Å². The van der Waals surface area contributed by atoms with Crippen molar-refractivity contribution in [1.82, 2.24) is 0 Å². The first kappa shape index (κ1) is 12.5. The lowest BCUT2D eigenvalue weighted by Crippen LogP contribution is -2.05. The van der Waals surface area contributed by atoms with E-state index in [1.165, 1.54) is 0 Å². The summed E-state index contributed by atoms with van der Waals surface area (Å²) >= 11 is 5.76. The van der Waals surface area contributed by atoms with Crippen molar-refractivity contribution in [2.24, 2.45) is 0 Å². The number of carboxylic acid groups (broad SMARTS) is 1. The summed E-state index contributed by atoms with van der Waals surface area (Å²) in [4.78, 5) is 11.0. The Morgan fingerprint density at radius 2 is 1.78 bits per heavy atom. The Bertz CT molecular complexity index is 549. The highest BCUT2D eigenvalue weighted by Gasteiger charge is 2.09. The number of ether oxygens (including phenoxy) is 1. The van der Waals surface area contributed by atoms with Gasteiger partial charge in [-0.1, -0.05) is 29.8 Å². The molecule has 0 atom stereocenters. The summed E-state index contributed by atoms with van der Waals surface area (Å²) in [5.41, 5.74) is 0.895. The molecule has 0 amide bonds. The Morgan fingerprint density at radius 1 is 1.11 bits per heavy atom. The van der Waals surface area contributed by atoms with E-state index in [1.54, 1.807) is 48.5 Å². The molecule has 18 heavy (non-hydrogen) atoms. The largest absolute Gasteiger partial charge is 0.489 e. The number of rotatable bonds is 4. The summed E-state index contributed by atoms with van der Waals surface area (Å²) in [6.07, 6.45) is 0. The zero-order valence-electron chi connectivity index (χ0n) is 9.47. The molecule has 0 aromatic heterocycles. The first-order valence-electron chi connectivity index (χ1n) is 5.36. The van der Waals surface area contributed by atoms with Gasteiger partial charge in [-0.05, 0) is 30.3 Å². The molecule has 92 valence electrons. The van der Waals surface area contributed by atoms with Crippen LogP contribution in [0.1, 0.15) is 15.9 Å². The first-order chi connectivity index (χ1) is 8.66. The van der Waals surface area contributed by atoms with Gasteiger partial charge in [0.15, 0.2) is 0 Å². The van der Waals surface area contributed by atoms with Crippen LogP contribution >= 0.6 is 11.6 Å². The lowest BCUT2D eigenvalue weighted by molar-refractivity contribution is 0.0694. The second-order valence-corrected chi connectivity index (χ2v) is 4.14. The monoisotopic (exact) mass is 262 g/mol. The van der Waals surface area contributed by atoms with Crippen molar-refractivity contribution in [3.8, 4) is 5.75 Å². The molecule has 2 aromatic rings. The fraction of sp³-hybridized carbons (Fsp3) is 0.0714. The van der Waals surface area contributed by atoms with Gasteiger partial charge in [-0.15, -0.1) is 0 Å². The van der Waals surface area contributed by atoms with Gasteiger partial charge in [-0.2, -0.15) is 0 Å². The van der Waals surface area contributed by atoms with Gasteiger partial charge in [0.1, 0.15) is 12.4 Å². The van der Waals surface area contributed by atoms with Crippen molar-refractivity contribution in [2.45, 2.75) is 6.61 Å². The van der Waals surface area contributed by atoms with Crippen LogP contribution < -0.4 is 4.74 Å². The average Bonchev–Trinajstić information content (AvgIpc) is 2.38. The van der Waals surface area contributed by atoms with Gasteiger partial charge >= 0.3 is 5.97 Å². The Balaban J connectivity index is 2.10. The Kier molecular flexibility index (Phi) is 3.85. The topological polar surface area (TPSA) is 46.5 Å². The zero-order chi connectivity index (χ0) is 13.0. The third-order valence-corrected chi connectivity index (χ3v) is 2.71. The number of aromatic carboxylic acids is 1. The van der Waals surface area contributed by atoms with Crippen LogP contribution in [0.15, 0.2) is 48.5 Å². The van der Waals surface area contributed by atoms with Crippen LogP contribution in [0.4, 0.5) is 0 Å². The van der Waals surface area contributed by atoms with Gasteiger partial charge in [0.25, 0.3) is 0 Å². The second kappa shape index (κ2) is 5.56. The van der Waals surface area contributed by atoms with Gasteiger partial charge in [-0.3, -0.25) is 0 Å². The van der Waals surface area contributed by atoms with E-state index in [-0.39, 0.29) is 12.2 Å². The van der Waals surface area contributed by atoms with Crippen molar-refractivity contribution in [3.63, 3.8) is 0 Å². The summed E-state index contributed by atoms with van der Waals surface area (Å²) in [5, 5.41) is 9.66. The van der Waals surface area contributed by atoms with Crippen LogP contribution in [0.25, 0.3) is 0 Å². The third kappa shape index (κ3) is 3.02. The van der Waals surface area contributed by atoms with Crippen LogP contribution in [-0.4, -0.2) is 11.1 Å². The molecule has 0 saturated heterocycles. The number of hydrogen-bond donors (Lipinski definition) is 1. The summed E-state index contributed by atoms with van der Waals surface area (Å²) in [6.45, 7) is 0.212. The van der Waals surface area contributed by atoms with E-state index in [9.17, 15) is 4.79 Å². The van der Waals surface area contributed by atoms with Crippen LogP contribution in [0, 0.1) is 0 Å². The standard InChI is InChI=1S/C14H11ClO3/c15-11-5-7-12(8-6-11)18-9-10-3-1-2-4-13(10)14(16)17/h1-8H,9H2,(H,16,17). The van der Waals surface area contributed by atoms with Gasteiger partial charge < -0.3 is 9.84 Å². The molecule has 2 rings (SSSR count). The van der Waals surface area contributed by atoms with E-state index in [2.05, 4.69) is 0 Å². The fourth-order valence-electron chi connectivity index (χ4n) is 1.55. The second-order valence-electron chi connectivity index (χ2n) is 3.70. The molecule has 0 radical (unpaired) electrons. The predicted octanol–water partition coefficient (Wildman–Crippen LogP) is 3.62. The highest BCUT2D eigenvalue weighted by molar-refractivity contribution is 6.30. The minimum atomic E-state index is -0.953. The quantitative estimate of drug-likeness (QED) is 0.915. The maximum Gasteiger partial charge on any atom is 0.336 e. The fourth-order valence-corrected chi connectivity index (χ4v) is 1.67. The summed E-state index contributed by atoms with van der Waals surface area (Å²) < 4.78 is 5.52. The predicted molar refractivity (Wildman–Crippen MR) is 69.2 cm³/mol. The van der Waals surface area contributed by atoms with E-state index < -0.39 is 5.97 Å². The van der Waals surface area contributed by atoms with Crippen molar-refractivity contribution in [2.75, 3.05) is 0 Å². The van der Waals surface area contributed by atoms with Crippen LogP contribution in [-0.2, 0) is 6.61 Å². The molecule has 0 aliphatic rings. The highest BCUT2D eigenvalue weighted by Crippen LogP contribution is 2.18. The number of carbonyl (C=O) groups is 1. The van der Waals surface area contributed by atoms with Crippen LogP contribution in [0.2, 0.25) is 5.02 Å². The summed E-state index contributed by atoms with van der Waals surface area (Å²) in [7, 11) is 0. The zero-order valence-corrected chi connectivity index (χ0v) is 10.2. The van der Waals surface area contributed by atoms with Gasteiger partial charge in [-0.25, -0.2) is 4.79 Å². The Morgan fingerprint density at radius 3 is 2.44 bits per heavy atom. The SMILES string of the molecule is O=C(O)c1ccccc1COc1ccc(Cl)cc1. The molecule has 0 heterocycles. The van der Waals surface area contributed by atoms with E-state index in [0.29, 0.717) is 16.3 Å². The molecule has 0 unspecified atom stereocenters. The molecule has 4 heteroatoms. The maximum absolute atomic E-state index is 11.0. The van der Waals surface area contributed by atoms with E-state index >= 15 is 0 Å². The molecule has 1 N–H and O–H groups in total. The van der Waals surface area contributed by atoms with Crippen LogP contribution in [0.3, 0.4) is 0 Å². The number of carboxylic acids is 1. The Hall–Kier alpha value is -2.00. The molecule has 0 aliphatic carbocycles. The normalized spacial score (nSPS) is 10.1. The number of benzene rings is 2. The van der Waals surface area contributed by atoms with Crippen LogP contribution in [0.5, 0.6) is 5.75 Å². The molecule has 2 aromatic carbocycles. The minimum Gasteiger partial charge on any atom is -0.489 e. The molecule has 0 aliphatic heterocycles. The van der Waals surface area contributed by atoms with Crippen molar-refractivity contribution < 1.29 is 14.6 Å². The highest BCUT2D eigenvalue weighted by atomic mass is 35.5. The molecule has 0 spiro atoms. The van der Waals surface area contributed by atoms with Crippen molar-refractivity contribution in [3.05, 3.63) is 64.7 Å². The number of halogens is 1. The maximum atomic E-state index is 11.0. The van der Waals surface area contributed by atoms with Gasteiger partial charge in [0.2, 0.25) is 0 Å². The van der Waals surface area contributed by atoms with Gasteiger partial charge in [0.05, 0.1) is 5.56 Å². The lowest BCUT2D eigenvalue weighted by Gasteiger charge is -2.08. The molecular weight excluding hydrogens is 252 g/mol. The number of hydrogen-bond acceptors (Lipinski definition) is 2. The third-order valence-electron chi connectivity index (χ3n) is 2.46. The molecule has 0 saturated carbocycles. The summed E-state index contributed by atoms with van der Waals surface area (Å²) in [6, 6.07) is 13.7. The van der Waals surface area contributed by atoms with E-state index in [1.807, 2.05) is 0 Å². The van der Waals surface area contributed by atoms with Gasteiger partial charge in [0, 0.05) is 10.6 Å². The average molecular weight is 263 g/mol. The molecular formula is C14H11ClO3. The molecule has 0 bridgehead atoms. The summed E-state index contributed by atoms with van der Waals surface area (Å²) in [5.74, 6) is -0.301. The first-order valence-corrected chi connectivity index (χ1v) is 5.74. The van der Waals surface area contributed by atoms with E-state index in [0.717, 1.165) is 0 Å². The molecule has 0 fully saturated rings. The van der Waals surface area contributed by atoms with Crippen molar-refractivity contribution in [1.29, 1.82) is 0 Å². The minimum absolute atomic E-state index is 0.212. The smallest absolute Gasteiger partial charge is 0.336 e.